The van der Waals surface area contributed by atoms with Crippen molar-refractivity contribution in [1.82, 2.24) is 10.6 Å². The molecule has 0 aliphatic heterocycles. The van der Waals surface area contributed by atoms with Gasteiger partial charge in [0.15, 0.2) is 0 Å². The zero-order chi connectivity index (χ0) is 13.4. The highest BCUT2D eigenvalue weighted by molar-refractivity contribution is 7.10. The third-order valence-electron chi connectivity index (χ3n) is 2.68. The van der Waals surface area contributed by atoms with E-state index >= 15 is 0 Å². The van der Waals surface area contributed by atoms with E-state index in [1.807, 2.05) is 6.07 Å². The normalized spacial score (nSPS) is 11.5. The number of thiophene rings is 1. The zero-order valence-corrected chi connectivity index (χ0v) is 12.1. The van der Waals surface area contributed by atoms with Crippen LogP contribution in [0, 0.1) is 0 Å². The monoisotopic (exact) mass is 270 g/mol. The van der Waals surface area contributed by atoms with Gasteiger partial charge in [0.2, 0.25) is 5.91 Å². The number of hydrogen-bond acceptors (Lipinski definition) is 4. The molecule has 0 unspecified atom stereocenters. The predicted octanol–water partition coefficient (Wildman–Crippen LogP) is 1.38. The van der Waals surface area contributed by atoms with Crippen molar-refractivity contribution in [3.63, 3.8) is 0 Å². The van der Waals surface area contributed by atoms with Crippen LogP contribution in [0.3, 0.4) is 0 Å². The molecule has 1 amide bonds. The first kappa shape index (κ1) is 15.1. The molecule has 0 fully saturated rings. The first-order chi connectivity index (χ1) is 8.56. The number of nitrogens with one attached hydrogen (secondary N) is 2. The second-order valence-electron chi connectivity index (χ2n) is 4.81. The van der Waals surface area contributed by atoms with E-state index in [-0.39, 0.29) is 11.3 Å². The third-order valence-corrected chi connectivity index (χ3v) is 3.92. The number of carbonyl (C=O) groups excluding carboxylic acids is 1. The van der Waals surface area contributed by atoms with Crippen molar-refractivity contribution >= 4 is 17.2 Å². The molecule has 4 nitrogen and oxygen atoms in total. The van der Waals surface area contributed by atoms with Crippen LogP contribution in [0.2, 0.25) is 0 Å². The lowest BCUT2D eigenvalue weighted by atomic mass is 9.91. The highest BCUT2D eigenvalue weighted by atomic mass is 32.1. The summed E-state index contributed by atoms with van der Waals surface area (Å²) in [7, 11) is 1.64. The Morgan fingerprint density at radius 1 is 1.50 bits per heavy atom. The molecule has 0 saturated carbocycles. The van der Waals surface area contributed by atoms with Gasteiger partial charge in [0.05, 0.1) is 13.2 Å². The molecule has 0 aromatic carbocycles. The van der Waals surface area contributed by atoms with Crippen LogP contribution in [0.15, 0.2) is 17.5 Å². The molecule has 18 heavy (non-hydrogen) atoms. The topological polar surface area (TPSA) is 50.4 Å². The van der Waals surface area contributed by atoms with Crippen molar-refractivity contribution < 1.29 is 9.53 Å². The molecule has 1 rings (SSSR count). The van der Waals surface area contributed by atoms with Gasteiger partial charge in [-0.2, -0.15) is 0 Å². The summed E-state index contributed by atoms with van der Waals surface area (Å²) >= 11 is 1.72. The average Bonchev–Trinajstić information content (AvgIpc) is 2.87. The smallest absolute Gasteiger partial charge is 0.233 e. The molecule has 0 radical (unpaired) electrons. The van der Waals surface area contributed by atoms with E-state index in [2.05, 4.69) is 35.9 Å². The van der Waals surface area contributed by atoms with Gasteiger partial charge in [-0.25, -0.2) is 0 Å². The molecule has 1 heterocycles. The van der Waals surface area contributed by atoms with Crippen molar-refractivity contribution in [1.29, 1.82) is 0 Å². The Kier molecular flexibility index (Phi) is 6.32. The van der Waals surface area contributed by atoms with E-state index < -0.39 is 0 Å². The quantitative estimate of drug-likeness (QED) is 0.702. The van der Waals surface area contributed by atoms with E-state index in [1.54, 1.807) is 18.4 Å². The first-order valence-electron chi connectivity index (χ1n) is 6.06. The van der Waals surface area contributed by atoms with Crippen LogP contribution in [-0.4, -0.2) is 39.3 Å². The predicted molar refractivity (Wildman–Crippen MR) is 75.1 cm³/mol. The Morgan fingerprint density at radius 3 is 2.89 bits per heavy atom. The molecule has 2 N–H and O–H groups in total. The Hall–Kier alpha value is -0.910. The van der Waals surface area contributed by atoms with E-state index in [0.717, 1.165) is 0 Å². The number of methoxy groups -OCH3 is 1. The van der Waals surface area contributed by atoms with Gasteiger partial charge in [-0.3, -0.25) is 4.79 Å². The summed E-state index contributed by atoms with van der Waals surface area (Å²) in [6.45, 7) is 6.57. The maximum Gasteiger partial charge on any atom is 0.233 e. The summed E-state index contributed by atoms with van der Waals surface area (Å²) < 4.78 is 4.89. The lowest BCUT2D eigenvalue weighted by Crippen LogP contribution is -2.41. The van der Waals surface area contributed by atoms with Gasteiger partial charge in [-0.1, -0.05) is 19.9 Å². The van der Waals surface area contributed by atoms with Gasteiger partial charge in [0, 0.05) is 30.5 Å². The number of rotatable bonds is 8. The van der Waals surface area contributed by atoms with Crippen molar-refractivity contribution in [2.45, 2.75) is 19.3 Å². The maximum atomic E-state index is 11.6. The molecule has 102 valence electrons. The molecule has 0 bridgehead atoms. The van der Waals surface area contributed by atoms with Crippen LogP contribution in [0.25, 0.3) is 0 Å². The minimum Gasteiger partial charge on any atom is -0.383 e. The Labute approximate surface area is 113 Å². The molecule has 0 aliphatic rings. The van der Waals surface area contributed by atoms with Gasteiger partial charge in [0.25, 0.3) is 0 Å². The van der Waals surface area contributed by atoms with Gasteiger partial charge < -0.3 is 15.4 Å². The van der Waals surface area contributed by atoms with E-state index in [4.69, 9.17) is 4.74 Å². The standard InChI is InChI=1S/C13H22N2O2S/c1-13(2,11-5-4-8-18-11)10-15-12(16)9-14-6-7-17-3/h4-5,8,14H,6-7,9-10H2,1-3H3,(H,15,16). The van der Waals surface area contributed by atoms with Gasteiger partial charge in [0.1, 0.15) is 0 Å². The van der Waals surface area contributed by atoms with Crippen LogP contribution in [0.5, 0.6) is 0 Å². The molecule has 0 saturated heterocycles. The SMILES string of the molecule is COCCNCC(=O)NCC(C)(C)c1cccs1. The minimum atomic E-state index is -0.0175. The Bertz CT molecular complexity index is 350. The minimum absolute atomic E-state index is 0.0175. The molecule has 5 heteroatoms. The summed E-state index contributed by atoms with van der Waals surface area (Å²) in [5.74, 6) is 0.0238. The Morgan fingerprint density at radius 2 is 2.28 bits per heavy atom. The average molecular weight is 270 g/mol. The van der Waals surface area contributed by atoms with Crippen molar-refractivity contribution in [2.24, 2.45) is 0 Å². The van der Waals surface area contributed by atoms with E-state index in [0.29, 0.717) is 26.2 Å². The van der Waals surface area contributed by atoms with E-state index in [9.17, 15) is 4.79 Å². The molecule has 0 spiro atoms. The van der Waals surface area contributed by atoms with E-state index in [1.165, 1.54) is 4.88 Å². The maximum absolute atomic E-state index is 11.6. The molecule has 1 aromatic heterocycles. The van der Waals surface area contributed by atoms with Crippen LogP contribution in [-0.2, 0) is 14.9 Å². The number of ether oxygens (including phenoxy) is 1. The molecule has 1 aromatic rings. The number of carbonyl (C=O) groups is 1. The fraction of sp³-hybridized carbons (Fsp3) is 0.615. The van der Waals surface area contributed by atoms with Crippen LogP contribution in [0.1, 0.15) is 18.7 Å². The molecular weight excluding hydrogens is 248 g/mol. The fourth-order valence-electron chi connectivity index (χ4n) is 1.51. The Balaban J connectivity index is 2.25. The summed E-state index contributed by atoms with van der Waals surface area (Å²) in [5, 5.41) is 8.04. The fourth-order valence-corrected chi connectivity index (χ4v) is 2.36. The van der Waals surface area contributed by atoms with Gasteiger partial charge >= 0.3 is 0 Å². The second-order valence-corrected chi connectivity index (χ2v) is 5.76. The largest absolute Gasteiger partial charge is 0.383 e. The molecule has 0 aliphatic carbocycles. The highest BCUT2D eigenvalue weighted by Gasteiger charge is 2.22. The molecule has 0 atom stereocenters. The molecular formula is C13H22N2O2S. The van der Waals surface area contributed by atoms with Crippen LogP contribution in [0.4, 0.5) is 0 Å². The number of amides is 1. The summed E-state index contributed by atoms with van der Waals surface area (Å²) in [6.07, 6.45) is 0. The third kappa shape index (κ3) is 5.16. The second kappa shape index (κ2) is 7.51. The van der Waals surface area contributed by atoms with Gasteiger partial charge in [-0.15, -0.1) is 11.3 Å². The van der Waals surface area contributed by atoms with Crippen LogP contribution < -0.4 is 10.6 Å². The summed E-state index contributed by atoms with van der Waals surface area (Å²) in [5.41, 5.74) is -0.0175. The lowest BCUT2D eigenvalue weighted by molar-refractivity contribution is -0.120. The van der Waals surface area contributed by atoms with Crippen molar-refractivity contribution in [3.8, 4) is 0 Å². The van der Waals surface area contributed by atoms with Crippen molar-refractivity contribution in [2.75, 3.05) is 33.4 Å². The van der Waals surface area contributed by atoms with Crippen molar-refractivity contribution in [3.05, 3.63) is 22.4 Å². The highest BCUT2D eigenvalue weighted by Crippen LogP contribution is 2.26. The first-order valence-corrected chi connectivity index (χ1v) is 6.94. The summed E-state index contributed by atoms with van der Waals surface area (Å²) in [4.78, 5) is 12.9. The lowest BCUT2D eigenvalue weighted by Gasteiger charge is -2.23. The number of hydrogen-bond donors (Lipinski definition) is 2. The zero-order valence-electron chi connectivity index (χ0n) is 11.3. The summed E-state index contributed by atoms with van der Waals surface area (Å²) in [6, 6.07) is 4.14. The van der Waals surface area contributed by atoms with Gasteiger partial charge in [-0.05, 0) is 11.4 Å². The van der Waals surface area contributed by atoms with Crippen LogP contribution >= 0.6 is 11.3 Å².